The van der Waals surface area contributed by atoms with E-state index in [1.807, 2.05) is 17.9 Å². The van der Waals surface area contributed by atoms with E-state index < -0.39 is 6.09 Å². The van der Waals surface area contributed by atoms with E-state index in [1.165, 1.54) is 11.1 Å². The molecule has 1 N–H and O–H groups in total. The molecule has 2 rings (SSSR count). The Hall–Kier alpha value is -2.07. The van der Waals surface area contributed by atoms with Crippen LogP contribution in [-0.4, -0.2) is 51.7 Å². The Morgan fingerprint density at radius 3 is 2.89 bits per heavy atom. The number of nitrogens with zero attached hydrogens (tertiary/aromatic N) is 5. The van der Waals surface area contributed by atoms with Crippen LogP contribution in [0.25, 0.3) is 0 Å². The Morgan fingerprint density at radius 1 is 1.63 bits per heavy atom. The van der Waals surface area contributed by atoms with E-state index in [9.17, 15) is 4.79 Å². The predicted molar refractivity (Wildman–Crippen MR) is 68.2 cm³/mol. The number of hydrogen-bond donors (Lipinski definition) is 1. The van der Waals surface area contributed by atoms with Gasteiger partial charge in [0.2, 0.25) is 0 Å². The maximum absolute atomic E-state index is 11.0. The third-order valence-electron chi connectivity index (χ3n) is 3.02. The Balaban J connectivity index is 2.15. The molecule has 1 aliphatic heterocycles. The Morgan fingerprint density at radius 2 is 2.37 bits per heavy atom. The normalized spacial score (nSPS) is 19.1. The number of nitriles is 1. The van der Waals surface area contributed by atoms with Gasteiger partial charge in [-0.25, -0.2) is 14.8 Å². The van der Waals surface area contributed by atoms with Crippen molar-refractivity contribution in [1.29, 1.82) is 5.26 Å². The summed E-state index contributed by atoms with van der Waals surface area (Å²) in [5.41, 5.74) is 0.0858. The smallest absolute Gasteiger partial charge is 0.407 e. The van der Waals surface area contributed by atoms with Crippen LogP contribution in [0.2, 0.25) is 5.15 Å². The first-order valence-corrected chi connectivity index (χ1v) is 6.08. The number of carbonyl (C=O) groups is 1. The van der Waals surface area contributed by atoms with Gasteiger partial charge in [0.05, 0.1) is 6.20 Å². The van der Waals surface area contributed by atoms with Gasteiger partial charge in [0.1, 0.15) is 11.9 Å². The number of carboxylic acid groups (broad SMARTS) is 1. The van der Waals surface area contributed by atoms with Crippen LogP contribution in [0.15, 0.2) is 6.20 Å². The first kappa shape index (κ1) is 13.4. The highest BCUT2D eigenvalue weighted by Crippen LogP contribution is 2.19. The monoisotopic (exact) mass is 281 g/mol. The van der Waals surface area contributed by atoms with Crippen molar-refractivity contribution in [3.63, 3.8) is 0 Å². The number of halogens is 1. The first-order chi connectivity index (χ1) is 9.02. The molecule has 1 aromatic rings. The molecule has 0 aliphatic carbocycles. The molecule has 0 aromatic carbocycles. The van der Waals surface area contributed by atoms with E-state index in [0.717, 1.165) is 0 Å². The molecule has 0 unspecified atom stereocenters. The molecule has 7 nitrogen and oxygen atoms in total. The quantitative estimate of drug-likeness (QED) is 0.831. The summed E-state index contributed by atoms with van der Waals surface area (Å²) in [6, 6.07) is 1.71. The molecule has 100 valence electrons. The highest BCUT2D eigenvalue weighted by Gasteiger charge is 2.28. The van der Waals surface area contributed by atoms with Crippen LogP contribution < -0.4 is 4.90 Å². The van der Waals surface area contributed by atoms with Gasteiger partial charge in [-0.3, -0.25) is 0 Å². The van der Waals surface area contributed by atoms with E-state index in [0.29, 0.717) is 25.5 Å². The molecule has 1 aliphatic rings. The molecule has 1 fully saturated rings. The van der Waals surface area contributed by atoms with Crippen molar-refractivity contribution in [2.24, 2.45) is 0 Å². The molecule has 1 aromatic heterocycles. The van der Waals surface area contributed by atoms with Crippen LogP contribution in [0.4, 0.5) is 10.6 Å². The lowest BCUT2D eigenvalue weighted by Crippen LogP contribution is -2.54. The van der Waals surface area contributed by atoms with Gasteiger partial charge in [-0.05, 0) is 6.92 Å². The average Bonchev–Trinajstić information content (AvgIpc) is 2.38. The van der Waals surface area contributed by atoms with E-state index in [-0.39, 0.29) is 16.9 Å². The minimum Gasteiger partial charge on any atom is -0.465 e. The second kappa shape index (κ2) is 5.28. The summed E-state index contributed by atoms with van der Waals surface area (Å²) in [6.07, 6.45) is 0.559. The molecular formula is C11H12ClN5O2. The summed E-state index contributed by atoms with van der Waals surface area (Å²) in [4.78, 5) is 22.3. The fourth-order valence-electron chi connectivity index (χ4n) is 2.04. The molecule has 2 heterocycles. The Bertz CT molecular complexity index is 544. The van der Waals surface area contributed by atoms with Crippen molar-refractivity contribution in [1.82, 2.24) is 14.9 Å². The third kappa shape index (κ3) is 2.69. The molecule has 1 saturated heterocycles. The van der Waals surface area contributed by atoms with Crippen LogP contribution >= 0.6 is 11.6 Å². The van der Waals surface area contributed by atoms with Gasteiger partial charge in [-0.1, -0.05) is 11.6 Å². The van der Waals surface area contributed by atoms with Crippen LogP contribution in [0.5, 0.6) is 0 Å². The molecular weight excluding hydrogens is 270 g/mol. The largest absolute Gasteiger partial charge is 0.465 e. The van der Waals surface area contributed by atoms with Crippen molar-refractivity contribution >= 4 is 23.5 Å². The minimum absolute atomic E-state index is 0.0633. The summed E-state index contributed by atoms with van der Waals surface area (Å²) in [5.74, 6) is 0.556. The van der Waals surface area contributed by atoms with E-state index in [4.69, 9.17) is 22.0 Å². The average molecular weight is 282 g/mol. The standard InChI is InChI=1S/C11H12ClN5O2/c1-7-6-16(2-3-17(7)11(18)19)9-5-14-8(4-13)10(12)15-9/h5,7H,2-3,6H2,1H3,(H,18,19)/t7-/m0/s1. The number of anilines is 1. The van der Waals surface area contributed by atoms with Crippen molar-refractivity contribution in [3.05, 3.63) is 17.0 Å². The van der Waals surface area contributed by atoms with Gasteiger partial charge in [0, 0.05) is 25.7 Å². The predicted octanol–water partition coefficient (Wildman–Crippen LogP) is 1.19. The fraction of sp³-hybridized carbons (Fsp3) is 0.455. The maximum Gasteiger partial charge on any atom is 0.407 e. The van der Waals surface area contributed by atoms with Gasteiger partial charge >= 0.3 is 6.09 Å². The van der Waals surface area contributed by atoms with Crippen LogP contribution in [0.3, 0.4) is 0 Å². The highest BCUT2D eigenvalue weighted by molar-refractivity contribution is 6.30. The van der Waals surface area contributed by atoms with Gasteiger partial charge < -0.3 is 14.9 Å². The van der Waals surface area contributed by atoms with E-state index in [1.54, 1.807) is 0 Å². The number of amides is 1. The van der Waals surface area contributed by atoms with Crippen LogP contribution in [0.1, 0.15) is 12.6 Å². The van der Waals surface area contributed by atoms with E-state index in [2.05, 4.69) is 9.97 Å². The van der Waals surface area contributed by atoms with Crippen LogP contribution in [0, 0.1) is 11.3 Å². The lowest BCUT2D eigenvalue weighted by atomic mass is 10.2. The topological polar surface area (TPSA) is 93.4 Å². The van der Waals surface area contributed by atoms with Gasteiger partial charge in [-0.15, -0.1) is 0 Å². The molecule has 8 heteroatoms. The second-order valence-corrected chi connectivity index (χ2v) is 4.61. The zero-order chi connectivity index (χ0) is 14.0. The minimum atomic E-state index is -0.920. The maximum atomic E-state index is 11.0. The molecule has 0 radical (unpaired) electrons. The molecule has 0 bridgehead atoms. The SMILES string of the molecule is C[C@H]1CN(c2cnc(C#N)c(Cl)n2)CCN1C(=O)O. The van der Waals surface area contributed by atoms with Crippen LogP contribution in [-0.2, 0) is 0 Å². The van der Waals surface area contributed by atoms with Gasteiger partial charge in [-0.2, -0.15) is 5.26 Å². The number of piperazine rings is 1. The summed E-state index contributed by atoms with van der Waals surface area (Å²) in [5, 5.41) is 17.8. The second-order valence-electron chi connectivity index (χ2n) is 4.25. The van der Waals surface area contributed by atoms with Crippen molar-refractivity contribution in [3.8, 4) is 6.07 Å². The molecule has 1 amide bonds. The Kier molecular flexibility index (Phi) is 3.71. The summed E-state index contributed by atoms with van der Waals surface area (Å²) >= 11 is 5.84. The zero-order valence-corrected chi connectivity index (χ0v) is 11.0. The van der Waals surface area contributed by atoms with Crippen molar-refractivity contribution < 1.29 is 9.90 Å². The van der Waals surface area contributed by atoms with Gasteiger partial charge in [0.15, 0.2) is 10.8 Å². The number of hydrogen-bond acceptors (Lipinski definition) is 5. The molecule has 19 heavy (non-hydrogen) atoms. The Labute approximate surface area is 115 Å². The van der Waals surface area contributed by atoms with Gasteiger partial charge in [0.25, 0.3) is 0 Å². The van der Waals surface area contributed by atoms with E-state index >= 15 is 0 Å². The van der Waals surface area contributed by atoms with Crippen molar-refractivity contribution in [2.45, 2.75) is 13.0 Å². The molecule has 1 atom stereocenters. The lowest BCUT2D eigenvalue weighted by Gasteiger charge is -2.38. The summed E-state index contributed by atoms with van der Waals surface area (Å²) in [7, 11) is 0. The fourth-order valence-corrected chi connectivity index (χ4v) is 2.21. The first-order valence-electron chi connectivity index (χ1n) is 5.70. The summed E-state index contributed by atoms with van der Waals surface area (Å²) in [6.45, 7) is 3.27. The molecule has 0 saturated carbocycles. The third-order valence-corrected chi connectivity index (χ3v) is 3.28. The zero-order valence-electron chi connectivity index (χ0n) is 10.2. The summed E-state index contributed by atoms with van der Waals surface area (Å²) < 4.78 is 0. The van der Waals surface area contributed by atoms with Crippen molar-refractivity contribution in [2.75, 3.05) is 24.5 Å². The lowest BCUT2D eigenvalue weighted by molar-refractivity contribution is 0.122. The molecule has 0 spiro atoms. The number of aromatic nitrogens is 2. The number of rotatable bonds is 1. The highest BCUT2D eigenvalue weighted by atomic mass is 35.5.